The van der Waals surface area contributed by atoms with Gasteiger partial charge in [0, 0.05) is 6.61 Å². The molecule has 1 nitrogen and oxygen atoms in total. The van der Waals surface area contributed by atoms with Crippen LogP contribution in [0, 0.1) is 17.8 Å². The third-order valence-electron chi connectivity index (χ3n) is 6.05. The molecule has 0 bridgehead atoms. The molecule has 1 heteroatoms. The molecule has 0 heterocycles. The quantitative estimate of drug-likeness (QED) is 0.366. The lowest BCUT2D eigenvalue weighted by molar-refractivity contribution is 0.00727. The molecule has 2 saturated carbocycles. The Bertz CT molecular complexity index is 293. The van der Waals surface area contributed by atoms with Crippen LogP contribution in [0.15, 0.2) is 12.2 Å². The summed E-state index contributed by atoms with van der Waals surface area (Å²) in [6.07, 6.45) is 22.0. The molecule has 2 aliphatic rings. The zero-order valence-corrected chi connectivity index (χ0v) is 15.1. The molecule has 0 aromatic carbocycles. The number of hydrogen-bond donors (Lipinski definition) is 0. The van der Waals surface area contributed by atoms with Crippen LogP contribution in [0.25, 0.3) is 0 Å². The second-order valence-electron chi connectivity index (χ2n) is 7.69. The van der Waals surface area contributed by atoms with Crippen molar-refractivity contribution < 1.29 is 4.74 Å². The summed E-state index contributed by atoms with van der Waals surface area (Å²) in [5.74, 6) is 3.09. The highest BCUT2D eigenvalue weighted by Crippen LogP contribution is 2.41. The monoisotopic (exact) mass is 306 g/mol. The topological polar surface area (TPSA) is 9.23 Å². The predicted octanol–water partition coefficient (Wildman–Crippen LogP) is 6.52. The van der Waals surface area contributed by atoms with E-state index in [1.165, 1.54) is 70.6 Å². The van der Waals surface area contributed by atoms with Crippen molar-refractivity contribution in [1.82, 2.24) is 0 Å². The summed E-state index contributed by atoms with van der Waals surface area (Å²) < 4.78 is 5.94. The highest BCUT2D eigenvalue weighted by molar-refractivity contribution is 4.83. The molecule has 2 fully saturated rings. The zero-order chi connectivity index (χ0) is 15.6. The lowest BCUT2D eigenvalue weighted by Gasteiger charge is -2.37. The van der Waals surface area contributed by atoms with Crippen LogP contribution >= 0.6 is 0 Å². The summed E-state index contributed by atoms with van der Waals surface area (Å²) in [5, 5.41) is 0. The largest absolute Gasteiger partial charge is 0.378 e. The van der Waals surface area contributed by atoms with E-state index in [0.29, 0.717) is 6.10 Å². The molecular weight excluding hydrogens is 268 g/mol. The van der Waals surface area contributed by atoms with Gasteiger partial charge in [-0.1, -0.05) is 38.3 Å². The van der Waals surface area contributed by atoms with E-state index >= 15 is 0 Å². The van der Waals surface area contributed by atoms with Gasteiger partial charge >= 0.3 is 0 Å². The van der Waals surface area contributed by atoms with E-state index in [1.807, 2.05) is 0 Å². The first-order valence-electron chi connectivity index (χ1n) is 10.1. The Kier molecular flexibility index (Phi) is 8.59. The van der Waals surface area contributed by atoms with Gasteiger partial charge in [-0.25, -0.2) is 0 Å². The fourth-order valence-corrected chi connectivity index (χ4v) is 4.65. The van der Waals surface area contributed by atoms with Gasteiger partial charge in [0.1, 0.15) is 0 Å². The van der Waals surface area contributed by atoms with Crippen LogP contribution in [0.1, 0.15) is 90.9 Å². The van der Waals surface area contributed by atoms with E-state index in [9.17, 15) is 0 Å². The standard InChI is InChI=1S/C21H38O/c1-3-5-6-7-8-18-9-11-19(12-10-18)20-13-15-21(16-14-20)22-17-4-2/h3,5,18-21H,4,6-17H2,1-2H3/b5-3-. The Morgan fingerprint density at radius 3 is 2.14 bits per heavy atom. The maximum absolute atomic E-state index is 5.94. The summed E-state index contributed by atoms with van der Waals surface area (Å²) in [6.45, 7) is 5.31. The predicted molar refractivity (Wildman–Crippen MR) is 96.1 cm³/mol. The van der Waals surface area contributed by atoms with Crippen molar-refractivity contribution in [2.45, 2.75) is 97.0 Å². The highest BCUT2D eigenvalue weighted by Gasteiger charge is 2.30. The van der Waals surface area contributed by atoms with Gasteiger partial charge in [0.05, 0.1) is 6.10 Å². The smallest absolute Gasteiger partial charge is 0.0575 e. The van der Waals surface area contributed by atoms with Gasteiger partial charge in [0.25, 0.3) is 0 Å². The number of hydrogen-bond acceptors (Lipinski definition) is 1. The van der Waals surface area contributed by atoms with Crippen LogP contribution in [-0.4, -0.2) is 12.7 Å². The van der Waals surface area contributed by atoms with Gasteiger partial charge in [-0.3, -0.25) is 0 Å². The first-order chi connectivity index (χ1) is 10.8. The van der Waals surface area contributed by atoms with Gasteiger partial charge in [0.2, 0.25) is 0 Å². The molecule has 0 amide bonds. The number of unbranched alkanes of at least 4 members (excludes halogenated alkanes) is 1. The van der Waals surface area contributed by atoms with Gasteiger partial charge in [-0.15, -0.1) is 0 Å². The molecule has 0 unspecified atom stereocenters. The molecule has 128 valence electrons. The van der Waals surface area contributed by atoms with Crippen LogP contribution in [0.3, 0.4) is 0 Å². The van der Waals surface area contributed by atoms with Crippen LogP contribution < -0.4 is 0 Å². The van der Waals surface area contributed by atoms with E-state index < -0.39 is 0 Å². The van der Waals surface area contributed by atoms with Crippen LogP contribution in [-0.2, 0) is 4.74 Å². The van der Waals surface area contributed by atoms with Gasteiger partial charge in [-0.2, -0.15) is 0 Å². The Balaban J connectivity index is 1.59. The maximum Gasteiger partial charge on any atom is 0.0575 e. The van der Waals surface area contributed by atoms with E-state index in [1.54, 1.807) is 0 Å². The maximum atomic E-state index is 5.94. The fraction of sp³-hybridized carbons (Fsp3) is 0.905. The normalized spacial score (nSPS) is 33.4. The number of rotatable bonds is 8. The Hall–Kier alpha value is -0.300. The van der Waals surface area contributed by atoms with E-state index in [0.717, 1.165) is 30.8 Å². The lowest BCUT2D eigenvalue weighted by atomic mass is 9.70. The summed E-state index contributed by atoms with van der Waals surface area (Å²) in [4.78, 5) is 0. The molecule has 0 saturated heterocycles. The SMILES string of the molecule is C/C=C\CCCC1CCC(C2CCC(OCCC)CC2)CC1. The van der Waals surface area contributed by atoms with Crippen molar-refractivity contribution in [3.8, 4) is 0 Å². The van der Waals surface area contributed by atoms with Gasteiger partial charge in [-0.05, 0) is 82.5 Å². The first kappa shape index (κ1) is 18.0. The van der Waals surface area contributed by atoms with Crippen molar-refractivity contribution in [3.63, 3.8) is 0 Å². The summed E-state index contributed by atoms with van der Waals surface area (Å²) in [6, 6.07) is 0. The Labute approximate surface area is 138 Å². The summed E-state index contributed by atoms with van der Waals surface area (Å²) >= 11 is 0. The molecule has 0 aromatic heterocycles. The molecule has 0 N–H and O–H groups in total. The van der Waals surface area contributed by atoms with E-state index in [4.69, 9.17) is 4.74 Å². The van der Waals surface area contributed by atoms with E-state index in [-0.39, 0.29) is 0 Å². The van der Waals surface area contributed by atoms with Crippen LogP contribution in [0.4, 0.5) is 0 Å². The molecule has 2 aliphatic carbocycles. The van der Waals surface area contributed by atoms with Crippen molar-refractivity contribution in [1.29, 1.82) is 0 Å². The summed E-state index contributed by atoms with van der Waals surface area (Å²) in [5.41, 5.74) is 0. The second-order valence-corrected chi connectivity index (χ2v) is 7.69. The molecule has 0 aliphatic heterocycles. The van der Waals surface area contributed by atoms with Crippen molar-refractivity contribution >= 4 is 0 Å². The summed E-state index contributed by atoms with van der Waals surface area (Å²) in [7, 11) is 0. The molecule has 22 heavy (non-hydrogen) atoms. The first-order valence-corrected chi connectivity index (χ1v) is 10.1. The highest BCUT2D eigenvalue weighted by atomic mass is 16.5. The van der Waals surface area contributed by atoms with Gasteiger partial charge < -0.3 is 4.74 Å². The van der Waals surface area contributed by atoms with Crippen molar-refractivity contribution in [2.24, 2.45) is 17.8 Å². The minimum absolute atomic E-state index is 0.583. The van der Waals surface area contributed by atoms with Crippen molar-refractivity contribution in [3.05, 3.63) is 12.2 Å². The van der Waals surface area contributed by atoms with Crippen molar-refractivity contribution in [2.75, 3.05) is 6.61 Å². The second kappa shape index (κ2) is 10.5. The minimum atomic E-state index is 0.583. The third kappa shape index (κ3) is 6.07. The number of ether oxygens (including phenoxy) is 1. The molecule has 2 rings (SSSR count). The minimum Gasteiger partial charge on any atom is -0.378 e. The van der Waals surface area contributed by atoms with Gasteiger partial charge in [0.15, 0.2) is 0 Å². The Morgan fingerprint density at radius 1 is 0.909 bits per heavy atom. The lowest BCUT2D eigenvalue weighted by Crippen LogP contribution is -2.28. The third-order valence-corrected chi connectivity index (χ3v) is 6.05. The Morgan fingerprint density at radius 2 is 1.55 bits per heavy atom. The van der Waals surface area contributed by atoms with E-state index in [2.05, 4.69) is 26.0 Å². The zero-order valence-electron chi connectivity index (χ0n) is 15.1. The molecule has 0 aromatic rings. The average Bonchev–Trinajstić information content (AvgIpc) is 2.58. The molecule has 0 atom stereocenters. The molecule has 0 spiro atoms. The average molecular weight is 307 g/mol. The number of allylic oxidation sites excluding steroid dienone is 2. The van der Waals surface area contributed by atoms with Crippen LogP contribution in [0.2, 0.25) is 0 Å². The molecular formula is C21H38O. The van der Waals surface area contributed by atoms with Crippen LogP contribution in [0.5, 0.6) is 0 Å². The fourth-order valence-electron chi connectivity index (χ4n) is 4.65. The molecule has 0 radical (unpaired) electrons.